The number of thiophene rings is 1. The Kier molecular flexibility index (Phi) is 5.31. The predicted octanol–water partition coefficient (Wildman–Crippen LogP) is 1.92. The van der Waals surface area contributed by atoms with E-state index in [0.717, 1.165) is 48.5 Å². The van der Waals surface area contributed by atoms with Crippen LogP contribution in [0.15, 0.2) is 23.6 Å². The zero-order chi connectivity index (χ0) is 13.1. The largest absolute Gasteiger partial charge is 0.378 e. The van der Waals surface area contributed by atoms with Gasteiger partial charge >= 0.3 is 0 Å². The van der Waals surface area contributed by atoms with Gasteiger partial charge in [-0.05, 0) is 17.5 Å². The summed E-state index contributed by atoms with van der Waals surface area (Å²) in [7, 11) is 0. The number of halogens is 1. The van der Waals surface area contributed by atoms with Gasteiger partial charge in [0.1, 0.15) is 0 Å². The molecule has 0 aliphatic carbocycles. The fraction of sp³-hybridized carbons (Fsp3) is 0.385. The summed E-state index contributed by atoms with van der Waals surface area (Å²) in [6.07, 6.45) is 0. The van der Waals surface area contributed by atoms with E-state index in [1.165, 1.54) is 0 Å². The van der Waals surface area contributed by atoms with Gasteiger partial charge in [0, 0.05) is 19.6 Å². The molecule has 2 aromatic rings. The summed E-state index contributed by atoms with van der Waals surface area (Å²) in [6.45, 7) is 3.54. The second kappa shape index (κ2) is 6.99. The molecule has 0 bridgehead atoms. The molecule has 0 atom stereocenters. The van der Waals surface area contributed by atoms with Crippen LogP contribution in [0.25, 0.3) is 10.6 Å². The van der Waals surface area contributed by atoms with Crippen molar-refractivity contribution in [2.75, 3.05) is 31.2 Å². The lowest BCUT2D eigenvalue weighted by molar-refractivity contribution is 0.122. The summed E-state index contributed by atoms with van der Waals surface area (Å²) in [5, 5.41) is 2.05. The molecule has 0 aromatic carbocycles. The van der Waals surface area contributed by atoms with E-state index in [2.05, 4.69) is 20.9 Å². The molecule has 1 fully saturated rings. The van der Waals surface area contributed by atoms with Crippen LogP contribution in [0, 0.1) is 0 Å². The second-order valence-corrected chi connectivity index (χ2v) is 5.27. The summed E-state index contributed by atoms with van der Waals surface area (Å²) in [5.41, 5.74) is 7.57. The molecule has 2 N–H and O–H groups in total. The molecule has 20 heavy (non-hydrogen) atoms. The number of aromatic nitrogens is 2. The number of nitrogens with zero attached hydrogens (tertiary/aromatic N) is 3. The number of nitrogens with two attached hydrogens (primary N) is 1. The van der Waals surface area contributed by atoms with Gasteiger partial charge in [0.05, 0.1) is 29.5 Å². The van der Waals surface area contributed by atoms with Gasteiger partial charge in [0.25, 0.3) is 0 Å². The molecular formula is C13H17ClN4OS. The van der Waals surface area contributed by atoms with Gasteiger partial charge in [-0.3, -0.25) is 0 Å². The first kappa shape index (κ1) is 15.2. The highest BCUT2D eigenvalue weighted by Crippen LogP contribution is 2.25. The van der Waals surface area contributed by atoms with Crippen LogP contribution in [0.4, 0.5) is 5.95 Å². The number of hydrogen-bond acceptors (Lipinski definition) is 6. The normalized spacial score (nSPS) is 14.9. The van der Waals surface area contributed by atoms with Crippen LogP contribution in [0.2, 0.25) is 0 Å². The molecule has 0 radical (unpaired) electrons. The fourth-order valence-corrected chi connectivity index (χ4v) is 2.73. The van der Waals surface area contributed by atoms with Crippen LogP contribution in [-0.2, 0) is 11.3 Å². The molecule has 1 aliphatic rings. The number of anilines is 1. The third kappa shape index (κ3) is 3.27. The van der Waals surface area contributed by atoms with E-state index in [-0.39, 0.29) is 12.4 Å². The molecule has 5 nitrogen and oxygen atoms in total. The van der Waals surface area contributed by atoms with Gasteiger partial charge in [-0.15, -0.1) is 23.7 Å². The van der Waals surface area contributed by atoms with Gasteiger partial charge in [0.15, 0.2) is 0 Å². The Morgan fingerprint density at radius 2 is 2.10 bits per heavy atom. The average Bonchev–Trinajstić information content (AvgIpc) is 3.02. The SMILES string of the molecule is Cl.NCc1cc(-c2cccs2)nc(N2CCOCC2)n1. The highest BCUT2D eigenvalue weighted by molar-refractivity contribution is 7.13. The predicted molar refractivity (Wildman–Crippen MR) is 83.5 cm³/mol. The molecule has 2 aromatic heterocycles. The highest BCUT2D eigenvalue weighted by atomic mass is 35.5. The fourth-order valence-electron chi connectivity index (χ4n) is 2.04. The standard InChI is InChI=1S/C13H16N4OS.ClH/c14-9-10-8-11(12-2-1-7-19-12)16-13(15-10)17-3-5-18-6-4-17;/h1-2,7-8H,3-6,9,14H2;1H. The molecule has 0 amide bonds. The summed E-state index contributed by atoms with van der Waals surface area (Å²) in [5.74, 6) is 0.759. The molecule has 0 saturated carbocycles. The molecule has 3 heterocycles. The number of morpholine rings is 1. The molecule has 0 unspecified atom stereocenters. The summed E-state index contributed by atoms with van der Waals surface area (Å²) in [4.78, 5) is 12.5. The van der Waals surface area contributed by atoms with Crippen molar-refractivity contribution in [2.45, 2.75) is 6.54 Å². The summed E-state index contributed by atoms with van der Waals surface area (Å²) in [6, 6.07) is 6.06. The maximum absolute atomic E-state index is 5.74. The Bertz CT molecular complexity index is 543. The van der Waals surface area contributed by atoms with E-state index in [9.17, 15) is 0 Å². The van der Waals surface area contributed by atoms with Crippen LogP contribution in [0.3, 0.4) is 0 Å². The first-order valence-corrected chi connectivity index (χ1v) is 7.19. The summed E-state index contributed by atoms with van der Waals surface area (Å²) >= 11 is 1.68. The third-order valence-corrected chi connectivity index (χ3v) is 3.94. The van der Waals surface area contributed by atoms with Gasteiger partial charge < -0.3 is 15.4 Å². The summed E-state index contributed by atoms with van der Waals surface area (Å²) < 4.78 is 5.36. The Morgan fingerprint density at radius 3 is 2.75 bits per heavy atom. The average molecular weight is 313 g/mol. The Hall–Kier alpha value is -1.21. The lowest BCUT2D eigenvalue weighted by Crippen LogP contribution is -2.37. The van der Waals surface area contributed by atoms with Gasteiger partial charge in [-0.1, -0.05) is 6.07 Å². The smallest absolute Gasteiger partial charge is 0.226 e. The van der Waals surface area contributed by atoms with Crippen LogP contribution >= 0.6 is 23.7 Å². The van der Waals surface area contributed by atoms with E-state index in [1.54, 1.807) is 11.3 Å². The molecule has 3 rings (SSSR count). The second-order valence-electron chi connectivity index (χ2n) is 4.33. The molecule has 108 valence electrons. The van der Waals surface area contributed by atoms with Crippen molar-refractivity contribution in [1.82, 2.24) is 9.97 Å². The van der Waals surface area contributed by atoms with Crippen LogP contribution in [0.1, 0.15) is 5.69 Å². The van der Waals surface area contributed by atoms with E-state index in [0.29, 0.717) is 6.54 Å². The number of hydrogen-bond donors (Lipinski definition) is 1. The van der Waals surface area contributed by atoms with Crippen molar-refractivity contribution in [3.63, 3.8) is 0 Å². The van der Waals surface area contributed by atoms with E-state index in [1.807, 2.05) is 17.5 Å². The Morgan fingerprint density at radius 1 is 1.30 bits per heavy atom. The van der Waals surface area contributed by atoms with Gasteiger partial charge in [-0.25, -0.2) is 9.97 Å². The molecular weight excluding hydrogens is 296 g/mol. The zero-order valence-corrected chi connectivity index (χ0v) is 12.6. The molecule has 1 saturated heterocycles. The van der Waals surface area contributed by atoms with Gasteiger partial charge in [0.2, 0.25) is 5.95 Å². The van der Waals surface area contributed by atoms with Crippen molar-refractivity contribution < 1.29 is 4.74 Å². The molecule has 0 spiro atoms. The molecule has 7 heteroatoms. The van der Waals surface area contributed by atoms with E-state index < -0.39 is 0 Å². The lowest BCUT2D eigenvalue weighted by Gasteiger charge is -2.27. The first-order valence-electron chi connectivity index (χ1n) is 6.31. The number of rotatable bonds is 3. The van der Waals surface area contributed by atoms with Crippen molar-refractivity contribution in [2.24, 2.45) is 5.73 Å². The van der Waals surface area contributed by atoms with E-state index in [4.69, 9.17) is 10.5 Å². The maximum Gasteiger partial charge on any atom is 0.226 e. The Labute approximate surface area is 128 Å². The van der Waals surface area contributed by atoms with Crippen molar-refractivity contribution in [3.05, 3.63) is 29.3 Å². The Balaban J connectivity index is 0.00000147. The van der Waals surface area contributed by atoms with Crippen molar-refractivity contribution in [1.29, 1.82) is 0 Å². The lowest BCUT2D eigenvalue weighted by atomic mass is 10.3. The zero-order valence-electron chi connectivity index (χ0n) is 11.0. The minimum atomic E-state index is 0. The minimum Gasteiger partial charge on any atom is -0.378 e. The van der Waals surface area contributed by atoms with E-state index >= 15 is 0 Å². The maximum atomic E-state index is 5.74. The molecule has 1 aliphatic heterocycles. The topological polar surface area (TPSA) is 64.3 Å². The number of ether oxygens (including phenoxy) is 1. The van der Waals surface area contributed by atoms with Crippen molar-refractivity contribution >= 4 is 29.7 Å². The quantitative estimate of drug-likeness (QED) is 0.938. The highest BCUT2D eigenvalue weighted by Gasteiger charge is 2.16. The monoisotopic (exact) mass is 312 g/mol. The van der Waals surface area contributed by atoms with Crippen LogP contribution in [0.5, 0.6) is 0 Å². The van der Waals surface area contributed by atoms with Gasteiger partial charge in [-0.2, -0.15) is 0 Å². The first-order chi connectivity index (χ1) is 9.36. The van der Waals surface area contributed by atoms with Crippen LogP contribution < -0.4 is 10.6 Å². The third-order valence-electron chi connectivity index (χ3n) is 3.04. The van der Waals surface area contributed by atoms with Crippen LogP contribution in [-0.4, -0.2) is 36.3 Å². The van der Waals surface area contributed by atoms with Crippen molar-refractivity contribution in [3.8, 4) is 10.6 Å². The minimum absolute atomic E-state index is 0.